The van der Waals surface area contributed by atoms with Crippen molar-refractivity contribution in [3.63, 3.8) is 0 Å². The Bertz CT molecular complexity index is 2750. The molecule has 0 saturated carbocycles. The quantitative estimate of drug-likeness (QED) is 0.0491. The first-order valence-electron chi connectivity index (χ1n) is 26.4. The lowest BCUT2D eigenvalue weighted by Crippen LogP contribution is -2.39. The Labute approximate surface area is 478 Å². The molecule has 4 aromatic carbocycles. The van der Waals surface area contributed by atoms with Crippen LogP contribution in [0.3, 0.4) is 0 Å². The molecule has 18 nitrogen and oxygen atoms in total. The topological polar surface area (TPSA) is 200 Å². The number of hydrogen-bond donors (Lipinski definition) is 4. The highest BCUT2D eigenvalue weighted by atomic mass is 35.5. The number of carbonyl (C=O) groups is 2. The van der Waals surface area contributed by atoms with E-state index < -0.39 is 20.0 Å². The molecule has 4 heterocycles. The SMILES string of the molecule is CN1Cc2c(Cl)cc(Cl)cc2C(c2cccc(S(=O)(=O)N3CCC(OCCOCCNC(=O)NCCCCNC(=O)NCCOCCOC4CCN(S(=O)(=O)c5cccc(C6CN(C)Cc7c(Cl)cc(Cl)cc76)c5)C4)C3)c2)C1. The number of nitrogens with zero attached hydrogens (tertiary/aromatic N) is 4. The molecule has 4 N–H and O–H groups in total. The molecule has 0 radical (unpaired) electrons. The van der Waals surface area contributed by atoms with Crippen LogP contribution in [0.5, 0.6) is 0 Å². The van der Waals surface area contributed by atoms with Crippen molar-refractivity contribution < 1.29 is 45.4 Å². The summed E-state index contributed by atoms with van der Waals surface area (Å²) in [6, 6.07) is 20.9. The van der Waals surface area contributed by atoms with E-state index in [1.54, 1.807) is 48.5 Å². The van der Waals surface area contributed by atoms with Crippen LogP contribution in [0.15, 0.2) is 82.6 Å². The van der Waals surface area contributed by atoms with Gasteiger partial charge in [-0.3, -0.25) is 0 Å². The summed E-state index contributed by atoms with van der Waals surface area (Å²) in [5.74, 6) is -0.169. The third-order valence-corrected chi connectivity index (χ3v) is 19.2. The Morgan fingerprint density at radius 3 is 1.37 bits per heavy atom. The number of halogens is 4. The average Bonchev–Trinajstić information content (AvgIpc) is 4.16. The van der Waals surface area contributed by atoms with Gasteiger partial charge in [-0.2, -0.15) is 8.61 Å². The number of urea groups is 2. The fourth-order valence-corrected chi connectivity index (χ4v) is 14.7. The summed E-state index contributed by atoms with van der Waals surface area (Å²) in [6.45, 7) is 7.17. The number of fused-ring (bicyclic) bond motifs is 2. The molecular formula is C54H70Cl4N8O10S2. The first-order chi connectivity index (χ1) is 37.5. The summed E-state index contributed by atoms with van der Waals surface area (Å²) < 4.78 is 81.2. The number of benzene rings is 4. The predicted molar refractivity (Wildman–Crippen MR) is 302 cm³/mol. The molecule has 2 fully saturated rings. The third-order valence-electron chi connectivity index (χ3n) is 14.4. The molecule has 0 bridgehead atoms. The van der Waals surface area contributed by atoms with Crippen LogP contribution in [0.1, 0.15) is 70.9 Å². The zero-order chi connectivity index (χ0) is 55.4. The van der Waals surface area contributed by atoms with Crippen LogP contribution in [0, 0.1) is 0 Å². The van der Waals surface area contributed by atoms with Crippen LogP contribution >= 0.6 is 46.4 Å². The highest BCUT2D eigenvalue weighted by Crippen LogP contribution is 2.41. The molecule has 4 amide bonds. The standard InChI is InChI=1S/C54H70Cl4N8O10S2/c1-63-33-47(45-27-39(55)29-51(57)49(45)35-63)37-7-5-9-43(25-37)77(69,70)65-17-11-41(31-65)75-23-21-73-19-15-61-53(67)59-13-3-4-14-60-54(68)62-16-20-74-22-24-76-42-12-18-66(32-42)78(71,72)44-10-6-8-38(26-44)48-34-64(2)36-50-46(48)28-40(56)30-52(50)58/h5-10,25-30,41-42,47-48H,3-4,11-24,31-36H2,1-2H3,(H2,59,61,67)(H2,60,62,68). The van der Waals surface area contributed by atoms with Crippen molar-refractivity contribution in [2.75, 3.05) is 119 Å². The molecule has 0 spiro atoms. The van der Waals surface area contributed by atoms with E-state index in [9.17, 15) is 26.4 Å². The second kappa shape index (κ2) is 28.2. The molecule has 78 heavy (non-hydrogen) atoms. The Morgan fingerprint density at radius 1 is 0.538 bits per heavy atom. The number of nitrogens with one attached hydrogen (secondary N) is 4. The van der Waals surface area contributed by atoms with E-state index in [0.717, 1.165) is 33.4 Å². The number of amides is 4. The molecule has 24 heteroatoms. The first-order valence-corrected chi connectivity index (χ1v) is 30.8. The van der Waals surface area contributed by atoms with Gasteiger partial charge in [0.25, 0.3) is 0 Å². The first kappa shape index (κ1) is 60.3. The van der Waals surface area contributed by atoms with Crippen molar-refractivity contribution in [1.82, 2.24) is 39.7 Å². The van der Waals surface area contributed by atoms with Gasteiger partial charge in [-0.1, -0.05) is 70.7 Å². The van der Waals surface area contributed by atoms with Crippen LogP contribution < -0.4 is 21.3 Å². The van der Waals surface area contributed by atoms with Gasteiger partial charge in [-0.15, -0.1) is 0 Å². The summed E-state index contributed by atoms with van der Waals surface area (Å²) >= 11 is 25.9. The smallest absolute Gasteiger partial charge is 0.314 e. The number of sulfonamides is 2. The zero-order valence-electron chi connectivity index (χ0n) is 44.0. The van der Waals surface area contributed by atoms with Crippen molar-refractivity contribution in [2.24, 2.45) is 0 Å². The average molecular weight is 1200 g/mol. The summed E-state index contributed by atoms with van der Waals surface area (Å²) in [4.78, 5) is 29.3. The highest BCUT2D eigenvalue weighted by molar-refractivity contribution is 7.89. The molecule has 4 aliphatic rings. The number of ether oxygens (including phenoxy) is 4. The summed E-state index contributed by atoms with van der Waals surface area (Å²) in [7, 11) is -3.49. The van der Waals surface area contributed by atoms with E-state index >= 15 is 0 Å². The number of carbonyl (C=O) groups excluding carboxylic acids is 2. The van der Waals surface area contributed by atoms with E-state index in [1.165, 1.54) is 8.61 Å². The van der Waals surface area contributed by atoms with E-state index in [1.807, 2.05) is 38.4 Å². The Kier molecular flexibility index (Phi) is 21.8. The molecule has 4 unspecified atom stereocenters. The molecule has 4 aliphatic heterocycles. The van der Waals surface area contributed by atoms with Gasteiger partial charge in [0.15, 0.2) is 0 Å². The van der Waals surface area contributed by atoms with Crippen LogP contribution in [0.4, 0.5) is 9.59 Å². The molecule has 0 aromatic heterocycles. The molecule has 0 aliphatic carbocycles. The predicted octanol–water partition coefficient (Wildman–Crippen LogP) is 7.13. The van der Waals surface area contributed by atoms with E-state index in [4.69, 9.17) is 65.4 Å². The number of rotatable bonds is 25. The summed E-state index contributed by atoms with van der Waals surface area (Å²) in [5, 5.41) is 13.4. The van der Waals surface area contributed by atoms with Gasteiger partial charge in [0.1, 0.15) is 0 Å². The molecule has 4 atom stereocenters. The van der Waals surface area contributed by atoms with E-state index in [-0.39, 0.29) is 85.4 Å². The lowest BCUT2D eigenvalue weighted by Gasteiger charge is -2.33. The van der Waals surface area contributed by atoms with Crippen molar-refractivity contribution in [3.8, 4) is 0 Å². The van der Waals surface area contributed by atoms with E-state index in [2.05, 4.69) is 31.1 Å². The van der Waals surface area contributed by atoms with Crippen LogP contribution in [0.25, 0.3) is 0 Å². The number of hydrogen-bond acceptors (Lipinski definition) is 12. The van der Waals surface area contributed by atoms with Gasteiger partial charge in [-0.25, -0.2) is 26.4 Å². The third kappa shape index (κ3) is 16.0. The lowest BCUT2D eigenvalue weighted by atomic mass is 9.85. The van der Waals surface area contributed by atoms with Gasteiger partial charge in [0, 0.05) is 110 Å². The molecule has 8 rings (SSSR count). The van der Waals surface area contributed by atoms with Crippen LogP contribution in [0.2, 0.25) is 20.1 Å². The van der Waals surface area contributed by atoms with Gasteiger partial charge in [0.05, 0.1) is 61.6 Å². The molecule has 2 saturated heterocycles. The van der Waals surface area contributed by atoms with Crippen molar-refractivity contribution in [1.29, 1.82) is 0 Å². The fourth-order valence-electron chi connectivity index (χ4n) is 10.5. The molecule has 4 aromatic rings. The second-order valence-corrected chi connectivity index (χ2v) is 25.7. The van der Waals surface area contributed by atoms with Gasteiger partial charge in [-0.05, 0) is 122 Å². The maximum Gasteiger partial charge on any atom is 0.314 e. The van der Waals surface area contributed by atoms with Gasteiger partial charge in [0.2, 0.25) is 20.0 Å². The van der Waals surface area contributed by atoms with Crippen molar-refractivity contribution in [3.05, 3.63) is 126 Å². The highest BCUT2D eigenvalue weighted by Gasteiger charge is 2.36. The van der Waals surface area contributed by atoms with Crippen molar-refractivity contribution in [2.45, 2.75) is 72.6 Å². The largest absolute Gasteiger partial charge is 0.377 e. The normalized spacial score (nSPS) is 20.3. The maximum atomic E-state index is 13.8. The zero-order valence-corrected chi connectivity index (χ0v) is 48.7. The summed E-state index contributed by atoms with van der Waals surface area (Å²) in [5.41, 5.74) is 5.80. The van der Waals surface area contributed by atoms with Gasteiger partial charge >= 0.3 is 12.1 Å². The van der Waals surface area contributed by atoms with Gasteiger partial charge < -0.3 is 50.0 Å². The Balaban J connectivity index is 0.608. The minimum atomic E-state index is -3.76. The summed E-state index contributed by atoms with van der Waals surface area (Å²) in [6.07, 6.45) is 1.94. The number of unbranched alkanes of at least 4 members (excludes halogenated alkanes) is 1. The lowest BCUT2D eigenvalue weighted by molar-refractivity contribution is 0.0123. The minimum Gasteiger partial charge on any atom is -0.377 e. The van der Waals surface area contributed by atoms with Crippen LogP contribution in [-0.4, -0.2) is 179 Å². The fraction of sp³-hybridized carbons (Fsp3) is 0.519. The van der Waals surface area contributed by atoms with Crippen molar-refractivity contribution >= 4 is 78.5 Å². The molecule has 426 valence electrons. The monoisotopic (exact) mass is 1190 g/mol. The second-order valence-electron chi connectivity index (χ2n) is 20.1. The van der Waals surface area contributed by atoms with Crippen LogP contribution in [-0.2, 0) is 52.1 Å². The molecular weight excluding hydrogens is 1130 g/mol. The van der Waals surface area contributed by atoms with E-state index in [0.29, 0.717) is 124 Å². The maximum absolute atomic E-state index is 13.8. The Hall–Kier alpha value is -3.84. The number of likely N-dealkylation sites (N-methyl/N-ethyl adjacent to an activating group) is 2. The minimum absolute atomic E-state index is 0.0843. The Morgan fingerprint density at radius 2 is 0.949 bits per heavy atom.